The van der Waals surface area contributed by atoms with Crippen molar-refractivity contribution in [3.63, 3.8) is 0 Å². The van der Waals surface area contributed by atoms with Crippen molar-refractivity contribution >= 4 is 53.8 Å². The first-order valence-electron chi connectivity index (χ1n) is 19.6. The topological polar surface area (TPSA) is 196 Å². The first-order chi connectivity index (χ1) is 28.3. The monoisotopic (exact) mass is 844 g/mol. The van der Waals surface area contributed by atoms with Gasteiger partial charge in [0, 0.05) is 24.3 Å². The Balaban J connectivity index is 1.14. The van der Waals surface area contributed by atoms with E-state index in [1.165, 1.54) is 7.11 Å². The lowest BCUT2D eigenvalue weighted by Gasteiger charge is -2.30. The normalized spacial score (nSPS) is 20.2. The number of rotatable bonds is 16. The first-order valence-corrected chi connectivity index (χ1v) is 21.4. The first kappa shape index (κ1) is 43.4. The van der Waals surface area contributed by atoms with Crippen molar-refractivity contribution < 1.29 is 33.7 Å². The molecule has 4 aromatic rings. The summed E-state index contributed by atoms with van der Waals surface area (Å²) in [5.74, 6) is -0.245. The quantitative estimate of drug-likeness (QED) is 0.0202. The molecule has 2 aliphatic heterocycles. The number of aromatic amines is 2. The number of likely N-dealkylation sites (tertiary alicyclic amines) is 2. The van der Waals surface area contributed by atoms with E-state index in [0.29, 0.717) is 31.0 Å². The van der Waals surface area contributed by atoms with E-state index in [-0.39, 0.29) is 53.2 Å². The Kier molecular flexibility index (Phi) is 14.2. The molecule has 0 unspecified atom stereocenters. The average Bonchev–Trinajstić information content (AvgIpc) is 4.07. The van der Waals surface area contributed by atoms with E-state index >= 15 is 0 Å². The number of alkyl carbamates (subject to hydrolysis) is 1. The molecular weight excluding hydrogens is 793 g/mol. The smallest absolute Gasteiger partial charge is 0.407 e. The van der Waals surface area contributed by atoms with Gasteiger partial charge in [-0.05, 0) is 53.2 Å². The van der Waals surface area contributed by atoms with Crippen LogP contribution in [-0.2, 0) is 28.9 Å². The molecule has 0 radical (unpaired) electrons. The summed E-state index contributed by atoms with van der Waals surface area (Å²) in [7, 11) is 1.29. The zero-order chi connectivity index (χ0) is 42.4. The van der Waals surface area contributed by atoms with Gasteiger partial charge in [-0.1, -0.05) is 76.2 Å². The van der Waals surface area contributed by atoms with Gasteiger partial charge in [-0.15, -0.1) is 12.6 Å². The summed E-state index contributed by atoms with van der Waals surface area (Å²) in [5.41, 5.74) is 5.52. The molecule has 6 atom stereocenters. The molecule has 2 fully saturated rings. The maximum atomic E-state index is 13.8. The fourth-order valence-electron chi connectivity index (χ4n) is 7.77. The molecule has 0 saturated carbocycles. The Hall–Kier alpha value is -5.13. The van der Waals surface area contributed by atoms with Crippen molar-refractivity contribution in [2.45, 2.75) is 63.9 Å². The molecule has 6 rings (SSSR count). The number of benzene rings is 2. The fraction of sp³-hybridized carbons (Fsp3) is 0.452. The van der Waals surface area contributed by atoms with E-state index in [9.17, 15) is 19.2 Å². The number of aromatic nitrogens is 4. The number of H-pyrrole nitrogens is 2. The third-order valence-corrected chi connectivity index (χ3v) is 12.6. The number of nitrogens with one attached hydrogen (secondary N) is 4. The number of nitrogens with zero attached hydrogens (tertiary/aromatic N) is 4. The van der Waals surface area contributed by atoms with Crippen molar-refractivity contribution in [1.29, 1.82) is 5.41 Å². The highest BCUT2D eigenvalue weighted by molar-refractivity contribution is 7.99. The maximum absolute atomic E-state index is 13.8. The summed E-state index contributed by atoms with van der Waals surface area (Å²) >= 11 is 5.80. The Bertz CT molecular complexity index is 2110. The fourth-order valence-corrected chi connectivity index (χ4v) is 8.64. The highest BCUT2D eigenvalue weighted by Gasteiger charge is 2.43. The molecular formula is C42H52N8O7S2. The highest BCUT2D eigenvalue weighted by atomic mass is 32.2. The Labute approximate surface area is 353 Å². The predicted molar refractivity (Wildman–Crippen MR) is 228 cm³/mol. The van der Waals surface area contributed by atoms with Crippen LogP contribution in [-0.4, -0.2) is 104 Å². The molecule has 2 aromatic carbocycles. The number of hydrogen-bond acceptors (Lipinski definition) is 11. The van der Waals surface area contributed by atoms with E-state index in [4.69, 9.17) is 20.0 Å². The number of thiol groups is 1. The molecule has 0 bridgehead atoms. The van der Waals surface area contributed by atoms with Gasteiger partial charge >= 0.3 is 6.09 Å². The number of methoxy groups -OCH3 is 1. The van der Waals surface area contributed by atoms with E-state index in [1.54, 1.807) is 29.1 Å². The molecule has 4 N–H and O–H groups in total. The number of thioether (sulfide) groups is 1. The van der Waals surface area contributed by atoms with Crippen molar-refractivity contribution in [2.24, 2.45) is 23.7 Å². The van der Waals surface area contributed by atoms with Gasteiger partial charge in [0.05, 0.1) is 48.9 Å². The molecule has 17 heteroatoms. The van der Waals surface area contributed by atoms with Crippen LogP contribution in [0.25, 0.3) is 33.6 Å². The highest BCUT2D eigenvalue weighted by Crippen LogP contribution is 2.39. The predicted octanol–water partition coefficient (Wildman–Crippen LogP) is 6.69. The zero-order valence-corrected chi connectivity index (χ0v) is 35.7. The Morgan fingerprint density at radius 2 is 1.37 bits per heavy atom. The second kappa shape index (κ2) is 19.3. The molecule has 2 saturated heterocycles. The van der Waals surface area contributed by atoms with Gasteiger partial charge in [0.25, 0.3) is 0 Å². The molecule has 2 aromatic heterocycles. The van der Waals surface area contributed by atoms with Crippen molar-refractivity contribution in [1.82, 2.24) is 35.1 Å². The van der Waals surface area contributed by atoms with Crippen molar-refractivity contribution in [2.75, 3.05) is 33.1 Å². The number of imidazole rings is 2. The van der Waals surface area contributed by atoms with Gasteiger partial charge < -0.3 is 34.7 Å². The van der Waals surface area contributed by atoms with Gasteiger partial charge in [0.1, 0.15) is 24.3 Å². The number of carbonyl (C=O) groups is 4. The van der Waals surface area contributed by atoms with E-state index in [2.05, 4.69) is 49.9 Å². The van der Waals surface area contributed by atoms with Crippen LogP contribution in [0.1, 0.15) is 64.3 Å². The summed E-state index contributed by atoms with van der Waals surface area (Å²) in [5, 5.41) is 9.71. The molecule has 314 valence electrons. The number of ether oxygens (including phenoxy) is 1. The molecule has 4 heterocycles. The van der Waals surface area contributed by atoms with Crippen molar-refractivity contribution in [3.8, 4) is 33.6 Å². The van der Waals surface area contributed by atoms with E-state index in [0.717, 1.165) is 40.1 Å². The van der Waals surface area contributed by atoms with E-state index < -0.39 is 30.0 Å². The van der Waals surface area contributed by atoms with Gasteiger partial charge in [0.2, 0.25) is 18.2 Å². The molecule has 2 aliphatic rings. The largest absolute Gasteiger partial charge is 0.453 e. The molecule has 0 aliphatic carbocycles. The second-order valence-corrected chi connectivity index (χ2v) is 17.2. The Morgan fingerprint density at radius 3 is 1.85 bits per heavy atom. The standard InChI is InChI=1S/C42H52N8O7S2/c1-23(2)31(21-56-57-22-43)39(51)49-19-29(41(53)58)15-34(49)37-44-17-32(46-37)27-11-7-25(8-12-27)26-9-13-28(14-10-26)33-18-45-38(47-33)35-16-30(59-6)20-50(35)40(52)36(24(3)4)48-42(54)55-5/h7-14,17-18,22-24,29-31,34-36,43H,15-16,19-21H2,1-6H3,(H,44,46)(H,45,47)(H,48,54)(H,53,58)/t29-,30-,31-,34-,35-,36-/m0/s1. The van der Waals surface area contributed by atoms with Crippen LogP contribution in [0.15, 0.2) is 60.9 Å². The SMILES string of the molecule is COC(=O)N[C@H](C(=O)N1C[C@@H](SC)C[C@H]1c1ncc(-c2ccc(-c3ccc(-c4cnc([C@@H]5C[C@H](C(=O)S)CN5C(=O)[C@@H](COOC=N)C(C)C)[nH]4)cc3)cc2)[nH]1)C(C)C. The van der Waals surface area contributed by atoms with Crippen LogP contribution in [0.4, 0.5) is 4.79 Å². The van der Waals surface area contributed by atoms with Gasteiger partial charge in [0.15, 0.2) is 5.12 Å². The minimum atomic E-state index is -0.720. The lowest BCUT2D eigenvalue weighted by molar-refractivity contribution is -0.229. The molecule has 3 amide bonds. The second-order valence-electron chi connectivity index (χ2n) is 15.6. The van der Waals surface area contributed by atoms with Crippen LogP contribution in [0.2, 0.25) is 0 Å². The molecule has 15 nitrogen and oxygen atoms in total. The van der Waals surface area contributed by atoms with Gasteiger partial charge in [-0.25, -0.2) is 14.8 Å². The minimum absolute atomic E-state index is 0.0302. The summed E-state index contributed by atoms with van der Waals surface area (Å²) in [6.45, 7) is 8.37. The number of carbonyl (C=O) groups excluding carboxylic acids is 4. The maximum Gasteiger partial charge on any atom is 0.407 e. The van der Waals surface area contributed by atoms with Crippen molar-refractivity contribution in [3.05, 3.63) is 72.6 Å². The van der Waals surface area contributed by atoms with Crippen LogP contribution < -0.4 is 5.32 Å². The summed E-state index contributed by atoms with van der Waals surface area (Å²) in [6.07, 6.45) is 6.73. The summed E-state index contributed by atoms with van der Waals surface area (Å²) < 4.78 is 4.79. The summed E-state index contributed by atoms with van der Waals surface area (Å²) in [6, 6.07) is 14.8. The molecule has 0 spiro atoms. The number of amides is 3. The lowest BCUT2D eigenvalue weighted by Crippen LogP contribution is -2.51. The van der Waals surface area contributed by atoms with Crippen LogP contribution in [0.3, 0.4) is 0 Å². The lowest BCUT2D eigenvalue weighted by atomic mass is 9.95. The van der Waals surface area contributed by atoms with Crippen LogP contribution in [0, 0.1) is 29.1 Å². The minimum Gasteiger partial charge on any atom is -0.453 e. The zero-order valence-electron chi connectivity index (χ0n) is 34.0. The third-order valence-electron chi connectivity index (χ3n) is 11.2. The third kappa shape index (κ3) is 9.85. The molecule has 59 heavy (non-hydrogen) atoms. The summed E-state index contributed by atoms with van der Waals surface area (Å²) in [4.78, 5) is 81.4. The average molecular weight is 845 g/mol. The van der Waals surface area contributed by atoms with Crippen LogP contribution >= 0.6 is 24.4 Å². The van der Waals surface area contributed by atoms with Gasteiger partial charge in [-0.3, -0.25) is 19.8 Å². The van der Waals surface area contributed by atoms with Crippen LogP contribution in [0.5, 0.6) is 0 Å². The number of hydrogen-bond donors (Lipinski definition) is 5. The van der Waals surface area contributed by atoms with Gasteiger partial charge in [-0.2, -0.15) is 16.6 Å². The van der Waals surface area contributed by atoms with E-state index in [1.807, 2.05) is 75.2 Å². The Morgan fingerprint density at radius 1 is 0.847 bits per heavy atom.